The van der Waals surface area contributed by atoms with Crippen LogP contribution in [-0.4, -0.2) is 105 Å². The molecular formula is C28H24O17. The van der Waals surface area contributed by atoms with Crippen molar-refractivity contribution in [3.63, 3.8) is 0 Å². The quantitative estimate of drug-likeness (QED) is 0.134. The zero-order valence-electron chi connectivity index (χ0n) is 22.5. The molecule has 0 radical (unpaired) electrons. The van der Waals surface area contributed by atoms with E-state index in [-0.39, 0.29) is 0 Å². The first kappa shape index (κ1) is 30.8. The number of phenolic OH excluding ortho intramolecular Hbond substituents is 9. The first-order valence-corrected chi connectivity index (χ1v) is 12.9. The van der Waals surface area contributed by atoms with Crippen molar-refractivity contribution in [2.45, 2.75) is 31.0 Å². The minimum absolute atomic E-state index is 0.520. The fraction of sp³-hybridized carbons (Fsp3) is 0.250. The molecule has 0 aromatic heterocycles. The maximum absolute atomic E-state index is 13.7. The summed E-state index contributed by atoms with van der Waals surface area (Å²) in [5, 5.41) is 113. The number of benzene rings is 3. The van der Waals surface area contributed by atoms with Gasteiger partial charge in [-0.1, -0.05) is 0 Å². The number of carbonyl (C=O) groups is 3. The summed E-state index contributed by atoms with van der Waals surface area (Å²) >= 11 is 0. The Labute approximate surface area is 250 Å². The van der Waals surface area contributed by atoms with Gasteiger partial charge in [-0.05, 0) is 24.3 Å². The van der Waals surface area contributed by atoms with Crippen molar-refractivity contribution in [2.24, 2.45) is 5.92 Å². The molecule has 5 atom stereocenters. The maximum atomic E-state index is 13.7. The summed E-state index contributed by atoms with van der Waals surface area (Å²) in [6.07, 6.45) is -8.26. The summed E-state index contributed by atoms with van der Waals surface area (Å²) in [6.45, 7) is -0.867. The van der Waals surface area contributed by atoms with Crippen molar-refractivity contribution >= 4 is 17.7 Å². The third-order valence-corrected chi connectivity index (χ3v) is 7.45. The van der Waals surface area contributed by atoms with Crippen LogP contribution in [0.5, 0.6) is 51.7 Å². The van der Waals surface area contributed by atoms with Crippen LogP contribution in [0.15, 0.2) is 24.3 Å². The number of hydrogen-bond donors (Lipinski definition) is 11. The Balaban J connectivity index is 1.61. The monoisotopic (exact) mass is 632 g/mol. The van der Waals surface area contributed by atoms with Crippen LogP contribution in [0.4, 0.5) is 0 Å². The molecule has 0 amide bonds. The molecule has 3 aromatic rings. The van der Waals surface area contributed by atoms with E-state index in [1.54, 1.807) is 0 Å². The van der Waals surface area contributed by atoms with Crippen molar-refractivity contribution in [3.05, 3.63) is 41.0 Å². The van der Waals surface area contributed by atoms with E-state index in [2.05, 4.69) is 0 Å². The van der Waals surface area contributed by atoms with E-state index in [4.69, 9.17) is 14.2 Å². The lowest BCUT2D eigenvalue weighted by Gasteiger charge is -2.42. The summed E-state index contributed by atoms with van der Waals surface area (Å²) in [7, 11) is 0. The molecule has 2 aliphatic heterocycles. The lowest BCUT2D eigenvalue weighted by Crippen LogP contribution is -2.57. The number of rotatable bonds is 2. The Morgan fingerprint density at radius 1 is 0.689 bits per heavy atom. The Kier molecular flexibility index (Phi) is 7.61. The van der Waals surface area contributed by atoms with E-state index in [0.717, 1.165) is 12.1 Å². The number of carbonyl (C=O) groups excluding carboxylic acids is 3. The summed E-state index contributed by atoms with van der Waals surface area (Å²) in [5.41, 5.74) is -3.60. The molecule has 1 fully saturated rings. The fourth-order valence-corrected chi connectivity index (χ4v) is 5.12. The van der Waals surface area contributed by atoms with E-state index in [1.807, 2.05) is 0 Å². The van der Waals surface area contributed by atoms with E-state index in [9.17, 15) is 70.6 Å². The highest BCUT2D eigenvalue weighted by molar-refractivity contribution is 6.10. The van der Waals surface area contributed by atoms with Crippen LogP contribution in [0, 0.1) is 5.92 Å². The molecule has 11 N–H and O–H groups in total. The van der Waals surface area contributed by atoms with Gasteiger partial charge in [0.05, 0.1) is 17.2 Å². The molecule has 2 bridgehead atoms. The molecule has 0 aliphatic carbocycles. The lowest BCUT2D eigenvalue weighted by molar-refractivity contribution is -0.271. The van der Waals surface area contributed by atoms with Crippen molar-refractivity contribution in [3.8, 4) is 62.9 Å². The Hall–Kier alpha value is -5.65. The molecule has 45 heavy (non-hydrogen) atoms. The van der Waals surface area contributed by atoms with Gasteiger partial charge < -0.3 is 70.4 Å². The largest absolute Gasteiger partial charge is 0.504 e. The first-order valence-electron chi connectivity index (χ1n) is 12.9. The maximum Gasteiger partial charge on any atom is 0.340 e. The lowest BCUT2D eigenvalue weighted by atomic mass is 9.81. The van der Waals surface area contributed by atoms with E-state index in [1.165, 1.54) is 0 Å². The number of ether oxygens (including phenoxy) is 3. The number of cyclic esters (lactones) is 1. The van der Waals surface area contributed by atoms with Gasteiger partial charge in [-0.2, -0.15) is 0 Å². The van der Waals surface area contributed by atoms with Gasteiger partial charge in [-0.25, -0.2) is 9.59 Å². The Morgan fingerprint density at radius 3 is 1.78 bits per heavy atom. The van der Waals surface area contributed by atoms with E-state index in [0.29, 0.717) is 12.1 Å². The number of hydrogen-bond acceptors (Lipinski definition) is 17. The molecule has 2 aliphatic rings. The van der Waals surface area contributed by atoms with Gasteiger partial charge in [0.2, 0.25) is 17.8 Å². The third kappa shape index (κ3) is 5.13. The van der Waals surface area contributed by atoms with Gasteiger partial charge in [-0.15, -0.1) is 0 Å². The van der Waals surface area contributed by atoms with Gasteiger partial charge in [0.25, 0.3) is 0 Å². The second-order valence-corrected chi connectivity index (χ2v) is 10.2. The highest BCUT2D eigenvalue weighted by Crippen LogP contribution is 2.53. The zero-order valence-corrected chi connectivity index (χ0v) is 22.5. The van der Waals surface area contributed by atoms with Crippen LogP contribution in [0.3, 0.4) is 0 Å². The fourth-order valence-electron chi connectivity index (χ4n) is 5.12. The zero-order chi connectivity index (χ0) is 33.1. The summed E-state index contributed by atoms with van der Waals surface area (Å²) in [6, 6.07) is 2.68. The summed E-state index contributed by atoms with van der Waals surface area (Å²) < 4.78 is 15.8. The number of aliphatic hydroxyl groups excluding tert-OH is 2. The number of Topliss-reactive ketones (excluding diaryl/α,β-unsaturated/α-hetero) is 1. The highest BCUT2D eigenvalue weighted by Gasteiger charge is 2.48. The topological polar surface area (TPSA) is 301 Å². The Bertz CT molecular complexity index is 1720. The number of phenols is 9. The second-order valence-electron chi connectivity index (χ2n) is 10.2. The van der Waals surface area contributed by atoms with Crippen LogP contribution in [-0.2, 0) is 14.2 Å². The molecule has 0 spiro atoms. The first-order chi connectivity index (χ1) is 21.1. The smallest absolute Gasteiger partial charge is 0.340 e. The average Bonchev–Trinajstić information content (AvgIpc) is 2.99. The van der Waals surface area contributed by atoms with E-state index < -0.39 is 141 Å². The molecular weight excluding hydrogens is 608 g/mol. The van der Waals surface area contributed by atoms with Crippen LogP contribution in [0.1, 0.15) is 37.5 Å². The van der Waals surface area contributed by atoms with E-state index >= 15 is 0 Å². The molecule has 5 unspecified atom stereocenters. The minimum atomic E-state index is -1.99. The van der Waals surface area contributed by atoms with Gasteiger partial charge in [0.1, 0.15) is 18.8 Å². The van der Waals surface area contributed by atoms with Crippen molar-refractivity contribution in [1.29, 1.82) is 0 Å². The van der Waals surface area contributed by atoms with Crippen molar-refractivity contribution in [2.75, 3.05) is 6.61 Å². The standard InChI is InChI=1S/C28H24O17/c29-11-5-10-19(34)16(44-28(20(10)35)45-26(41)7-1-12(30)21(36)13(31)2-7)6-43-27(42)9-4-15(33)23(38)25(40)18(9)17-8(11)3-14(32)22(37)24(17)39/h1-4,10,16,19-20,28,30-40H,5-6H2. The number of ketones is 1. The summed E-state index contributed by atoms with van der Waals surface area (Å²) in [4.78, 5) is 39.7. The number of aliphatic hydroxyl groups is 2. The molecule has 3 aromatic carbocycles. The molecule has 0 saturated carbocycles. The van der Waals surface area contributed by atoms with Crippen molar-refractivity contribution < 1.29 is 84.8 Å². The predicted molar refractivity (Wildman–Crippen MR) is 142 cm³/mol. The van der Waals surface area contributed by atoms with Crippen LogP contribution >= 0.6 is 0 Å². The molecule has 238 valence electrons. The molecule has 17 nitrogen and oxygen atoms in total. The van der Waals surface area contributed by atoms with Crippen LogP contribution in [0.25, 0.3) is 11.1 Å². The van der Waals surface area contributed by atoms with Gasteiger partial charge in [0, 0.05) is 29.0 Å². The number of fused-ring (bicyclic) bond motifs is 5. The number of aromatic hydroxyl groups is 9. The normalized spacial score (nSPS) is 23.1. The highest BCUT2D eigenvalue weighted by atomic mass is 16.7. The van der Waals surface area contributed by atoms with Crippen LogP contribution in [0.2, 0.25) is 0 Å². The predicted octanol–water partition coefficient (Wildman–Crippen LogP) is 0.367. The number of esters is 2. The Morgan fingerprint density at radius 2 is 1.20 bits per heavy atom. The molecule has 2 heterocycles. The minimum Gasteiger partial charge on any atom is -0.504 e. The average molecular weight is 632 g/mol. The second kappa shape index (κ2) is 11.1. The van der Waals surface area contributed by atoms with Gasteiger partial charge >= 0.3 is 11.9 Å². The van der Waals surface area contributed by atoms with Crippen LogP contribution < -0.4 is 0 Å². The third-order valence-electron chi connectivity index (χ3n) is 7.45. The van der Waals surface area contributed by atoms with Crippen molar-refractivity contribution in [1.82, 2.24) is 0 Å². The SMILES string of the molecule is O=C(OC1OC2COC(=O)c3cc(O)c(O)c(O)c3-c3c(cc(O)c(O)c3O)C(=O)CC(C2O)C1O)c1cc(O)c(O)c(O)c1. The van der Waals surface area contributed by atoms with Gasteiger partial charge in [0.15, 0.2) is 46.0 Å². The van der Waals surface area contributed by atoms with Gasteiger partial charge in [-0.3, -0.25) is 4.79 Å². The molecule has 5 rings (SSSR count). The summed E-state index contributed by atoms with van der Waals surface area (Å²) in [5.74, 6) is -15.1. The molecule has 1 saturated heterocycles. The molecule has 17 heteroatoms.